The van der Waals surface area contributed by atoms with E-state index in [-0.39, 0.29) is 12.3 Å². The van der Waals surface area contributed by atoms with Crippen molar-refractivity contribution in [3.05, 3.63) is 22.4 Å². The molecule has 0 bridgehead atoms. The summed E-state index contributed by atoms with van der Waals surface area (Å²) >= 11 is 1.66. The Morgan fingerprint density at radius 1 is 1.44 bits per heavy atom. The normalized spacial score (nSPS) is 16.9. The van der Waals surface area contributed by atoms with Gasteiger partial charge in [0.2, 0.25) is 5.91 Å². The number of carbonyl (C=O) groups excluding carboxylic acids is 1. The van der Waals surface area contributed by atoms with Crippen LogP contribution in [0.3, 0.4) is 0 Å². The number of amides is 1. The van der Waals surface area contributed by atoms with Gasteiger partial charge >= 0.3 is 5.97 Å². The molecule has 5 heteroatoms. The lowest BCUT2D eigenvalue weighted by Crippen LogP contribution is -2.42. The monoisotopic (exact) mass is 267 g/mol. The predicted octanol–water partition coefficient (Wildman–Crippen LogP) is 2.05. The zero-order valence-corrected chi connectivity index (χ0v) is 11.0. The molecule has 1 heterocycles. The molecule has 1 saturated carbocycles. The van der Waals surface area contributed by atoms with E-state index in [1.807, 2.05) is 17.5 Å². The first-order chi connectivity index (χ1) is 8.62. The Balaban J connectivity index is 1.73. The molecule has 0 unspecified atom stereocenters. The van der Waals surface area contributed by atoms with Crippen LogP contribution in [0.15, 0.2) is 17.5 Å². The lowest BCUT2D eigenvalue weighted by atomic mass is 9.66. The van der Waals surface area contributed by atoms with Gasteiger partial charge in [0.1, 0.15) is 0 Å². The summed E-state index contributed by atoms with van der Waals surface area (Å²) < 4.78 is 0. The number of nitrogens with one attached hydrogen (secondary N) is 1. The second kappa shape index (κ2) is 5.52. The molecule has 98 valence electrons. The van der Waals surface area contributed by atoms with E-state index in [0.29, 0.717) is 19.4 Å². The number of aliphatic carboxylic acids is 1. The Kier molecular flexibility index (Phi) is 4.01. The van der Waals surface area contributed by atoms with E-state index in [1.54, 1.807) is 11.3 Å². The molecule has 0 aromatic carbocycles. The summed E-state index contributed by atoms with van der Waals surface area (Å²) in [5.41, 5.74) is -0.785. The van der Waals surface area contributed by atoms with Crippen molar-refractivity contribution in [3.63, 3.8) is 0 Å². The van der Waals surface area contributed by atoms with Crippen LogP contribution in [0.1, 0.15) is 30.6 Å². The third-order valence-electron chi connectivity index (χ3n) is 3.54. The Labute approximate surface area is 110 Å². The molecule has 0 aliphatic heterocycles. The van der Waals surface area contributed by atoms with E-state index >= 15 is 0 Å². The van der Waals surface area contributed by atoms with Gasteiger partial charge in [-0.2, -0.15) is 0 Å². The summed E-state index contributed by atoms with van der Waals surface area (Å²) in [6.07, 6.45) is 3.09. The van der Waals surface area contributed by atoms with Crippen LogP contribution in [0, 0.1) is 5.41 Å². The number of carbonyl (C=O) groups is 2. The van der Waals surface area contributed by atoms with Crippen LogP contribution in [0.2, 0.25) is 0 Å². The van der Waals surface area contributed by atoms with E-state index in [0.717, 1.165) is 12.8 Å². The minimum Gasteiger partial charge on any atom is -0.481 e. The summed E-state index contributed by atoms with van der Waals surface area (Å²) in [5.74, 6) is -0.976. The number of hydrogen-bond donors (Lipinski definition) is 2. The van der Waals surface area contributed by atoms with Crippen LogP contribution in [0.5, 0.6) is 0 Å². The average molecular weight is 267 g/mol. The average Bonchev–Trinajstić information content (AvgIpc) is 2.76. The summed E-state index contributed by atoms with van der Waals surface area (Å²) in [6, 6.07) is 4.01. The minimum absolute atomic E-state index is 0.118. The van der Waals surface area contributed by atoms with Crippen molar-refractivity contribution in [3.8, 4) is 0 Å². The molecule has 1 aliphatic rings. The lowest BCUT2D eigenvalue weighted by molar-refractivity contribution is -0.157. The molecule has 18 heavy (non-hydrogen) atoms. The topological polar surface area (TPSA) is 66.4 Å². The first-order valence-corrected chi connectivity index (χ1v) is 7.03. The van der Waals surface area contributed by atoms with E-state index in [1.165, 1.54) is 4.88 Å². The fourth-order valence-electron chi connectivity index (χ4n) is 2.22. The first kappa shape index (κ1) is 13.1. The third kappa shape index (κ3) is 2.90. The maximum atomic E-state index is 11.7. The lowest BCUT2D eigenvalue weighted by Gasteiger charge is -2.36. The van der Waals surface area contributed by atoms with Gasteiger partial charge in [-0.15, -0.1) is 11.3 Å². The number of carboxylic acid groups (broad SMARTS) is 1. The van der Waals surface area contributed by atoms with Crippen LogP contribution in [0.25, 0.3) is 0 Å². The van der Waals surface area contributed by atoms with Crippen LogP contribution >= 0.6 is 11.3 Å². The van der Waals surface area contributed by atoms with Gasteiger partial charge < -0.3 is 10.4 Å². The third-order valence-corrected chi connectivity index (χ3v) is 4.47. The highest BCUT2D eigenvalue weighted by molar-refractivity contribution is 7.09. The van der Waals surface area contributed by atoms with E-state index in [2.05, 4.69) is 5.32 Å². The van der Waals surface area contributed by atoms with Gasteiger partial charge in [-0.05, 0) is 30.7 Å². The zero-order chi connectivity index (χ0) is 13.0. The highest BCUT2D eigenvalue weighted by Crippen LogP contribution is 2.44. The van der Waals surface area contributed by atoms with Crippen molar-refractivity contribution in [2.75, 3.05) is 6.54 Å². The fraction of sp³-hybridized carbons (Fsp3) is 0.538. The van der Waals surface area contributed by atoms with E-state index in [4.69, 9.17) is 5.11 Å². The van der Waals surface area contributed by atoms with Gasteiger partial charge in [0, 0.05) is 17.8 Å². The maximum absolute atomic E-state index is 11.7. The number of hydrogen-bond acceptors (Lipinski definition) is 3. The Morgan fingerprint density at radius 2 is 2.22 bits per heavy atom. The van der Waals surface area contributed by atoms with Gasteiger partial charge in [-0.25, -0.2) is 0 Å². The molecular weight excluding hydrogens is 250 g/mol. The molecule has 0 spiro atoms. The van der Waals surface area contributed by atoms with Crippen LogP contribution < -0.4 is 5.32 Å². The molecule has 1 aromatic heterocycles. The van der Waals surface area contributed by atoms with Crippen LogP contribution in [0.4, 0.5) is 0 Å². The van der Waals surface area contributed by atoms with E-state index < -0.39 is 11.4 Å². The van der Waals surface area contributed by atoms with Crippen molar-refractivity contribution in [1.82, 2.24) is 5.32 Å². The standard InChI is InChI=1S/C13H17NO3S/c15-11(9-13(12(16)17)5-2-6-13)14-7-4-10-3-1-8-18-10/h1,3,8H,2,4-7,9H2,(H,14,15)(H,16,17). The SMILES string of the molecule is O=C(CC1(C(=O)O)CCC1)NCCc1cccs1. The van der Waals surface area contributed by atoms with Gasteiger partial charge in [0.05, 0.1) is 5.41 Å². The van der Waals surface area contributed by atoms with Gasteiger partial charge in [-0.3, -0.25) is 9.59 Å². The largest absolute Gasteiger partial charge is 0.481 e. The van der Waals surface area contributed by atoms with Crippen LogP contribution in [-0.2, 0) is 16.0 Å². The first-order valence-electron chi connectivity index (χ1n) is 6.15. The molecule has 0 saturated heterocycles. The highest BCUT2D eigenvalue weighted by Gasteiger charge is 2.45. The van der Waals surface area contributed by atoms with Gasteiger partial charge in [0.15, 0.2) is 0 Å². The number of carboxylic acids is 1. The van der Waals surface area contributed by atoms with Crippen molar-refractivity contribution in [2.24, 2.45) is 5.41 Å². The summed E-state index contributed by atoms with van der Waals surface area (Å²) in [7, 11) is 0. The summed E-state index contributed by atoms with van der Waals surface area (Å²) in [6.45, 7) is 0.578. The second-order valence-electron chi connectivity index (χ2n) is 4.80. The predicted molar refractivity (Wildman–Crippen MR) is 69.6 cm³/mol. The molecule has 1 aromatic rings. The highest BCUT2D eigenvalue weighted by atomic mass is 32.1. The molecule has 2 N–H and O–H groups in total. The molecule has 1 aliphatic carbocycles. The maximum Gasteiger partial charge on any atom is 0.310 e. The zero-order valence-electron chi connectivity index (χ0n) is 10.1. The molecule has 1 fully saturated rings. The van der Waals surface area contributed by atoms with Gasteiger partial charge in [-0.1, -0.05) is 12.5 Å². The summed E-state index contributed by atoms with van der Waals surface area (Å²) in [4.78, 5) is 24.1. The quantitative estimate of drug-likeness (QED) is 0.829. The van der Waals surface area contributed by atoms with Crippen LogP contribution in [-0.4, -0.2) is 23.5 Å². The molecule has 1 amide bonds. The Hall–Kier alpha value is -1.36. The molecular formula is C13H17NO3S. The van der Waals surface area contributed by atoms with E-state index in [9.17, 15) is 9.59 Å². The fourth-order valence-corrected chi connectivity index (χ4v) is 2.93. The van der Waals surface area contributed by atoms with Crippen molar-refractivity contribution in [2.45, 2.75) is 32.1 Å². The Bertz CT molecular complexity index is 423. The second-order valence-corrected chi connectivity index (χ2v) is 5.83. The molecule has 2 rings (SSSR count). The van der Waals surface area contributed by atoms with Crippen molar-refractivity contribution >= 4 is 23.2 Å². The molecule has 0 radical (unpaired) electrons. The Morgan fingerprint density at radius 3 is 2.72 bits per heavy atom. The van der Waals surface area contributed by atoms with Crippen molar-refractivity contribution in [1.29, 1.82) is 0 Å². The van der Waals surface area contributed by atoms with Crippen molar-refractivity contribution < 1.29 is 14.7 Å². The summed E-state index contributed by atoms with van der Waals surface area (Å²) in [5, 5.41) is 13.9. The van der Waals surface area contributed by atoms with Gasteiger partial charge in [0.25, 0.3) is 0 Å². The smallest absolute Gasteiger partial charge is 0.310 e. The molecule has 4 nitrogen and oxygen atoms in total. The number of rotatable bonds is 6. The number of thiophene rings is 1. The molecule has 0 atom stereocenters. The minimum atomic E-state index is -0.831.